The number of carbonyl (C=O) groups is 1. The maximum atomic E-state index is 12.1. The second-order valence-corrected chi connectivity index (χ2v) is 6.26. The van der Waals surface area contributed by atoms with Gasteiger partial charge in [0.2, 0.25) is 5.91 Å². The molecule has 2 N–H and O–H groups in total. The lowest BCUT2D eigenvalue weighted by atomic mass is 9.82. The zero-order chi connectivity index (χ0) is 14.7. The second kappa shape index (κ2) is 5.74. The zero-order valence-electron chi connectivity index (χ0n) is 12.9. The van der Waals surface area contributed by atoms with E-state index in [2.05, 4.69) is 43.5 Å². The SMILES string of the molecule is CNC(C)(C)C(=O)NCC(C)(C)c1ccccc1C. The first-order valence-corrected chi connectivity index (χ1v) is 6.74. The summed E-state index contributed by atoms with van der Waals surface area (Å²) >= 11 is 0. The van der Waals surface area contributed by atoms with Gasteiger partial charge in [-0.2, -0.15) is 0 Å². The molecule has 1 amide bonds. The number of aryl methyl sites for hydroxylation is 1. The molecule has 0 aromatic heterocycles. The Labute approximate surface area is 116 Å². The van der Waals surface area contributed by atoms with E-state index in [0.717, 1.165) is 0 Å². The average molecular weight is 262 g/mol. The molecule has 0 aliphatic carbocycles. The van der Waals surface area contributed by atoms with Gasteiger partial charge < -0.3 is 10.6 Å². The Balaban J connectivity index is 2.77. The van der Waals surface area contributed by atoms with Crippen molar-refractivity contribution in [2.75, 3.05) is 13.6 Å². The molecule has 0 aliphatic rings. The van der Waals surface area contributed by atoms with E-state index >= 15 is 0 Å². The largest absolute Gasteiger partial charge is 0.354 e. The average Bonchev–Trinajstić information content (AvgIpc) is 2.36. The molecule has 19 heavy (non-hydrogen) atoms. The van der Waals surface area contributed by atoms with Crippen molar-refractivity contribution in [2.24, 2.45) is 0 Å². The van der Waals surface area contributed by atoms with Crippen LogP contribution in [0.2, 0.25) is 0 Å². The molecule has 0 fully saturated rings. The van der Waals surface area contributed by atoms with Crippen molar-refractivity contribution in [1.29, 1.82) is 0 Å². The molecule has 0 spiro atoms. The number of hydrogen-bond acceptors (Lipinski definition) is 2. The molecule has 0 bridgehead atoms. The van der Waals surface area contributed by atoms with Crippen LogP contribution in [0.15, 0.2) is 24.3 Å². The normalized spacial score (nSPS) is 12.3. The molecule has 1 aromatic carbocycles. The van der Waals surface area contributed by atoms with Crippen molar-refractivity contribution in [1.82, 2.24) is 10.6 Å². The summed E-state index contributed by atoms with van der Waals surface area (Å²) in [6.45, 7) is 10.8. The fourth-order valence-electron chi connectivity index (χ4n) is 2.06. The number of hydrogen-bond donors (Lipinski definition) is 2. The quantitative estimate of drug-likeness (QED) is 0.855. The molecule has 1 rings (SSSR count). The zero-order valence-corrected chi connectivity index (χ0v) is 12.9. The van der Waals surface area contributed by atoms with E-state index in [4.69, 9.17) is 0 Å². The minimum Gasteiger partial charge on any atom is -0.354 e. The van der Waals surface area contributed by atoms with Crippen molar-refractivity contribution in [3.8, 4) is 0 Å². The highest BCUT2D eigenvalue weighted by atomic mass is 16.2. The van der Waals surface area contributed by atoms with Crippen LogP contribution >= 0.6 is 0 Å². The molecule has 3 nitrogen and oxygen atoms in total. The number of benzene rings is 1. The maximum Gasteiger partial charge on any atom is 0.239 e. The lowest BCUT2D eigenvalue weighted by Crippen LogP contribution is -2.53. The van der Waals surface area contributed by atoms with Crippen LogP contribution in [0.25, 0.3) is 0 Å². The second-order valence-electron chi connectivity index (χ2n) is 6.26. The van der Waals surface area contributed by atoms with Gasteiger partial charge in [0.25, 0.3) is 0 Å². The molecule has 1 aromatic rings. The highest BCUT2D eigenvalue weighted by molar-refractivity contribution is 5.85. The van der Waals surface area contributed by atoms with Gasteiger partial charge in [-0.15, -0.1) is 0 Å². The fraction of sp³-hybridized carbons (Fsp3) is 0.562. The van der Waals surface area contributed by atoms with Gasteiger partial charge in [-0.1, -0.05) is 38.1 Å². The molecule has 0 heterocycles. The van der Waals surface area contributed by atoms with Crippen LogP contribution in [0.1, 0.15) is 38.8 Å². The van der Waals surface area contributed by atoms with Gasteiger partial charge in [0.05, 0.1) is 5.54 Å². The Bertz CT molecular complexity index is 450. The fourth-order valence-corrected chi connectivity index (χ4v) is 2.06. The molecule has 106 valence electrons. The third-order valence-corrected chi connectivity index (χ3v) is 3.76. The summed E-state index contributed by atoms with van der Waals surface area (Å²) in [4.78, 5) is 12.1. The van der Waals surface area contributed by atoms with Gasteiger partial charge in [0.15, 0.2) is 0 Å². The van der Waals surface area contributed by atoms with Crippen LogP contribution < -0.4 is 10.6 Å². The molecule has 0 saturated carbocycles. The number of rotatable bonds is 5. The Morgan fingerprint density at radius 1 is 1.16 bits per heavy atom. The van der Waals surface area contributed by atoms with E-state index in [0.29, 0.717) is 6.54 Å². The number of carbonyl (C=O) groups excluding carboxylic acids is 1. The first kappa shape index (κ1) is 15.7. The van der Waals surface area contributed by atoms with E-state index in [1.807, 2.05) is 26.0 Å². The standard InChI is InChI=1S/C16H26N2O/c1-12-9-7-8-10-13(12)15(2,3)11-18-14(19)16(4,5)17-6/h7-10,17H,11H2,1-6H3,(H,18,19). The van der Waals surface area contributed by atoms with Crippen LogP contribution in [0, 0.1) is 6.92 Å². The summed E-state index contributed by atoms with van der Waals surface area (Å²) < 4.78 is 0. The van der Waals surface area contributed by atoms with E-state index in [1.54, 1.807) is 7.05 Å². The van der Waals surface area contributed by atoms with Crippen LogP contribution in [0.3, 0.4) is 0 Å². The van der Waals surface area contributed by atoms with Crippen LogP contribution in [0.4, 0.5) is 0 Å². The molecule has 0 unspecified atom stereocenters. The summed E-state index contributed by atoms with van der Waals surface area (Å²) in [5.41, 5.74) is 1.92. The van der Waals surface area contributed by atoms with E-state index in [9.17, 15) is 4.79 Å². The van der Waals surface area contributed by atoms with Gasteiger partial charge in [-0.05, 0) is 38.9 Å². The van der Waals surface area contributed by atoms with E-state index in [1.165, 1.54) is 11.1 Å². The minimum absolute atomic E-state index is 0.0247. The monoisotopic (exact) mass is 262 g/mol. The first-order chi connectivity index (χ1) is 8.70. The summed E-state index contributed by atoms with van der Waals surface area (Å²) in [5.74, 6) is 0.0247. The van der Waals surface area contributed by atoms with Crippen molar-refractivity contribution < 1.29 is 4.79 Å². The van der Waals surface area contributed by atoms with Crippen molar-refractivity contribution >= 4 is 5.91 Å². The Hall–Kier alpha value is -1.35. The predicted octanol–water partition coefficient (Wildman–Crippen LogP) is 2.39. The van der Waals surface area contributed by atoms with Crippen molar-refractivity contribution in [3.05, 3.63) is 35.4 Å². The third-order valence-electron chi connectivity index (χ3n) is 3.76. The molecule has 3 heteroatoms. The highest BCUT2D eigenvalue weighted by Crippen LogP contribution is 2.25. The predicted molar refractivity (Wildman–Crippen MR) is 80.4 cm³/mol. The molecule has 0 saturated heterocycles. The minimum atomic E-state index is -0.540. The summed E-state index contributed by atoms with van der Waals surface area (Å²) in [5, 5.41) is 6.05. The summed E-state index contributed by atoms with van der Waals surface area (Å²) in [6, 6.07) is 8.32. The molecule has 0 atom stereocenters. The van der Waals surface area contributed by atoms with Crippen molar-refractivity contribution in [2.45, 2.75) is 45.6 Å². The van der Waals surface area contributed by atoms with Gasteiger partial charge >= 0.3 is 0 Å². The Morgan fingerprint density at radius 3 is 2.26 bits per heavy atom. The smallest absolute Gasteiger partial charge is 0.239 e. The van der Waals surface area contributed by atoms with Crippen molar-refractivity contribution in [3.63, 3.8) is 0 Å². The summed E-state index contributed by atoms with van der Waals surface area (Å²) in [6.07, 6.45) is 0. The molecule has 0 radical (unpaired) electrons. The van der Waals surface area contributed by atoms with Crippen LogP contribution in [-0.2, 0) is 10.2 Å². The van der Waals surface area contributed by atoms with Crippen LogP contribution in [-0.4, -0.2) is 25.0 Å². The number of likely N-dealkylation sites (N-methyl/N-ethyl adjacent to an activating group) is 1. The Morgan fingerprint density at radius 2 is 1.74 bits per heavy atom. The van der Waals surface area contributed by atoms with E-state index in [-0.39, 0.29) is 11.3 Å². The van der Waals surface area contributed by atoms with E-state index < -0.39 is 5.54 Å². The molecular formula is C16H26N2O. The van der Waals surface area contributed by atoms with Gasteiger partial charge in [0.1, 0.15) is 0 Å². The lowest BCUT2D eigenvalue weighted by molar-refractivity contribution is -0.126. The van der Waals surface area contributed by atoms with Gasteiger partial charge in [-0.3, -0.25) is 4.79 Å². The third kappa shape index (κ3) is 3.80. The maximum absolute atomic E-state index is 12.1. The topological polar surface area (TPSA) is 41.1 Å². The lowest BCUT2D eigenvalue weighted by Gasteiger charge is -2.30. The Kier molecular flexibility index (Phi) is 4.75. The first-order valence-electron chi connectivity index (χ1n) is 6.74. The molecule has 0 aliphatic heterocycles. The molecular weight excluding hydrogens is 236 g/mol. The highest BCUT2D eigenvalue weighted by Gasteiger charge is 2.28. The van der Waals surface area contributed by atoms with Crippen LogP contribution in [0.5, 0.6) is 0 Å². The van der Waals surface area contributed by atoms with Gasteiger partial charge in [-0.25, -0.2) is 0 Å². The van der Waals surface area contributed by atoms with Gasteiger partial charge in [0, 0.05) is 12.0 Å². The number of nitrogens with one attached hydrogen (secondary N) is 2. The summed E-state index contributed by atoms with van der Waals surface area (Å²) in [7, 11) is 1.80. The number of amides is 1.